The molecule has 5 nitrogen and oxygen atoms in total. The van der Waals surface area contributed by atoms with E-state index < -0.39 is 0 Å². The summed E-state index contributed by atoms with van der Waals surface area (Å²) in [5, 5.41) is 3.20. The SMILES string of the molecule is c1ccc(Nc2nccc(-n3cnc4ccccc43)n2)cc1. The third-order valence-electron chi connectivity index (χ3n) is 3.37. The topological polar surface area (TPSA) is 55.6 Å². The van der Waals surface area contributed by atoms with Gasteiger partial charge in [0.2, 0.25) is 5.95 Å². The van der Waals surface area contributed by atoms with Crippen LogP contribution in [0.5, 0.6) is 0 Å². The first-order valence-electron chi connectivity index (χ1n) is 6.98. The van der Waals surface area contributed by atoms with Crippen LogP contribution in [0.4, 0.5) is 11.6 Å². The Morgan fingerprint density at radius 2 is 1.64 bits per heavy atom. The van der Waals surface area contributed by atoms with Gasteiger partial charge in [0.15, 0.2) is 0 Å². The molecule has 2 aromatic carbocycles. The second kappa shape index (κ2) is 5.29. The predicted octanol–water partition coefficient (Wildman–Crippen LogP) is 3.56. The van der Waals surface area contributed by atoms with Crippen molar-refractivity contribution in [2.45, 2.75) is 0 Å². The second-order valence-electron chi connectivity index (χ2n) is 4.83. The lowest BCUT2D eigenvalue weighted by Crippen LogP contribution is -2.01. The molecule has 106 valence electrons. The van der Waals surface area contributed by atoms with E-state index in [0.29, 0.717) is 5.95 Å². The van der Waals surface area contributed by atoms with E-state index in [-0.39, 0.29) is 0 Å². The van der Waals surface area contributed by atoms with E-state index in [0.717, 1.165) is 22.5 Å². The fourth-order valence-corrected chi connectivity index (χ4v) is 2.34. The third kappa shape index (κ3) is 2.29. The molecule has 0 atom stereocenters. The average Bonchev–Trinajstić information content (AvgIpc) is 3.00. The molecule has 0 saturated carbocycles. The molecule has 4 rings (SSSR count). The third-order valence-corrected chi connectivity index (χ3v) is 3.37. The molecule has 0 saturated heterocycles. The van der Waals surface area contributed by atoms with Crippen LogP contribution >= 0.6 is 0 Å². The molecule has 2 heterocycles. The van der Waals surface area contributed by atoms with Crippen molar-refractivity contribution in [2.75, 3.05) is 5.32 Å². The van der Waals surface area contributed by atoms with Gasteiger partial charge < -0.3 is 5.32 Å². The quantitative estimate of drug-likeness (QED) is 0.626. The smallest absolute Gasteiger partial charge is 0.229 e. The van der Waals surface area contributed by atoms with Gasteiger partial charge in [-0.25, -0.2) is 9.97 Å². The summed E-state index contributed by atoms with van der Waals surface area (Å²) in [7, 11) is 0. The lowest BCUT2D eigenvalue weighted by molar-refractivity contribution is 0.999. The molecule has 0 aliphatic heterocycles. The van der Waals surface area contributed by atoms with Gasteiger partial charge in [-0.3, -0.25) is 4.57 Å². The van der Waals surface area contributed by atoms with E-state index in [4.69, 9.17) is 0 Å². The zero-order valence-corrected chi connectivity index (χ0v) is 11.7. The van der Waals surface area contributed by atoms with Crippen molar-refractivity contribution in [3.8, 4) is 5.82 Å². The number of rotatable bonds is 3. The van der Waals surface area contributed by atoms with Crippen LogP contribution in [0.1, 0.15) is 0 Å². The number of anilines is 2. The van der Waals surface area contributed by atoms with E-state index in [1.54, 1.807) is 12.5 Å². The minimum atomic E-state index is 0.557. The predicted molar refractivity (Wildman–Crippen MR) is 86.4 cm³/mol. The molecule has 0 fully saturated rings. The zero-order valence-electron chi connectivity index (χ0n) is 11.7. The number of imidazole rings is 1. The highest BCUT2D eigenvalue weighted by Crippen LogP contribution is 2.18. The van der Waals surface area contributed by atoms with Gasteiger partial charge in [0.25, 0.3) is 0 Å². The fraction of sp³-hybridized carbons (Fsp3) is 0. The molecular weight excluding hydrogens is 274 g/mol. The van der Waals surface area contributed by atoms with E-state index >= 15 is 0 Å². The van der Waals surface area contributed by atoms with Crippen molar-refractivity contribution in [3.63, 3.8) is 0 Å². The van der Waals surface area contributed by atoms with Crippen LogP contribution in [0, 0.1) is 0 Å². The normalized spacial score (nSPS) is 10.7. The molecule has 22 heavy (non-hydrogen) atoms. The van der Waals surface area contributed by atoms with Crippen molar-refractivity contribution in [2.24, 2.45) is 0 Å². The Morgan fingerprint density at radius 3 is 2.55 bits per heavy atom. The summed E-state index contributed by atoms with van der Waals surface area (Å²) in [6.07, 6.45) is 3.52. The standard InChI is InChI=1S/C17H13N5/c1-2-6-13(7-3-1)20-17-18-11-10-16(21-17)22-12-19-14-8-4-5-9-15(14)22/h1-12H,(H,18,20,21). The first-order valence-corrected chi connectivity index (χ1v) is 6.98. The number of benzene rings is 2. The summed E-state index contributed by atoms with van der Waals surface area (Å²) in [6.45, 7) is 0. The monoisotopic (exact) mass is 287 g/mol. The Hall–Kier alpha value is -3.21. The molecule has 0 unspecified atom stereocenters. The Bertz CT molecular complexity index is 914. The van der Waals surface area contributed by atoms with E-state index in [1.165, 1.54) is 0 Å². The molecule has 4 aromatic rings. The number of aromatic nitrogens is 4. The number of para-hydroxylation sites is 3. The summed E-state index contributed by atoms with van der Waals surface area (Å²) in [4.78, 5) is 13.2. The maximum absolute atomic E-state index is 4.56. The van der Waals surface area contributed by atoms with Gasteiger partial charge in [-0.2, -0.15) is 4.98 Å². The van der Waals surface area contributed by atoms with Gasteiger partial charge in [0.1, 0.15) is 12.1 Å². The van der Waals surface area contributed by atoms with Crippen molar-refractivity contribution in [3.05, 3.63) is 73.2 Å². The summed E-state index contributed by atoms with van der Waals surface area (Å²) in [5.41, 5.74) is 2.92. The molecule has 5 heteroatoms. The van der Waals surface area contributed by atoms with Crippen LogP contribution < -0.4 is 5.32 Å². The maximum atomic E-state index is 4.56. The van der Waals surface area contributed by atoms with Gasteiger partial charge >= 0.3 is 0 Å². The Morgan fingerprint density at radius 1 is 0.818 bits per heavy atom. The van der Waals surface area contributed by atoms with Gasteiger partial charge in [0, 0.05) is 11.9 Å². The van der Waals surface area contributed by atoms with E-state index in [9.17, 15) is 0 Å². The summed E-state index contributed by atoms with van der Waals surface area (Å²) < 4.78 is 1.95. The average molecular weight is 287 g/mol. The highest BCUT2D eigenvalue weighted by atomic mass is 15.2. The van der Waals surface area contributed by atoms with E-state index in [1.807, 2.05) is 65.2 Å². The first kappa shape index (κ1) is 12.5. The lowest BCUT2D eigenvalue weighted by atomic mass is 10.3. The molecule has 0 radical (unpaired) electrons. The fourth-order valence-electron chi connectivity index (χ4n) is 2.34. The summed E-state index contributed by atoms with van der Waals surface area (Å²) in [6, 6.07) is 19.7. The summed E-state index contributed by atoms with van der Waals surface area (Å²) >= 11 is 0. The summed E-state index contributed by atoms with van der Waals surface area (Å²) in [5.74, 6) is 1.34. The lowest BCUT2D eigenvalue weighted by Gasteiger charge is -2.07. The Labute approximate surface area is 127 Å². The van der Waals surface area contributed by atoms with Crippen LogP contribution in [-0.4, -0.2) is 19.5 Å². The molecule has 0 bridgehead atoms. The van der Waals surface area contributed by atoms with Gasteiger partial charge in [-0.15, -0.1) is 0 Å². The molecule has 0 amide bonds. The largest absolute Gasteiger partial charge is 0.324 e. The van der Waals surface area contributed by atoms with Crippen LogP contribution in [0.3, 0.4) is 0 Å². The number of hydrogen-bond donors (Lipinski definition) is 1. The minimum Gasteiger partial charge on any atom is -0.324 e. The van der Waals surface area contributed by atoms with Crippen LogP contribution in [0.15, 0.2) is 73.2 Å². The van der Waals surface area contributed by atoms with Gasteiger partial charge in [-0.1, -0.05) is 30.3 Å². The Balaban J connectivity index is 1.73. The van der Waals surface area contributed by atoms with Crippen LogP contribution in [0.25, 0.3) is 16.9 Å². The van der Waals surface area contributed by atoms with Gasteiger partial charge in [-0.05, 0) is 30.3 Å². The second-order valence-corrected chi connectivity index (χ2v) is 4.83. The van der Waals surface area contributed by atoms with Crippen molar-refractivity contribution in [1.29, 1.82) is 0 Å². The van der Waals surface area contributed by atoms with Crippen molar-refractivity contribution < 1.29 is 0 Å². The van der Waals surface area contributed by atoms with Crippen molar-refractivity contribution >= 4 is 22.7 Å². The molecule has 2 aromatic heterocycles. The molecule has 0 aliphatic carbocycles. The van der Waals surface area contributed by atoms with Crippen LogP contribution in [-0.2, 0) is 0 Å². The number of fused-ring (bicyclic) bond motifs is 1. The van der Waals surface area contributed by atoms with E-state index in [2.05, 4.69) is 20.3 Å². The zero-order chi connectivity index (χ0) is 14.8. The van der Waals surface area contributed by atoms with Crippen LogP contribution in [0.2, 0.25) is 0 Å². The number of nitrogens with one attached hydrogen (secondary N) is 1. The molecule has 1 N–H and O–H groups in total. The maximum Gasteiger partial charge on any atom is 0.229 e. The first-order chi connectivity index (χ1) is 10.9. The molecule has 0 aliphatic rings. The highest BCUT2D eigenvalue weighted by Gasteiger charge is 2.06. The highest BCUT2D eigenvalue weighted by molar-refractivity contribution is 5.76. The minimum absolute atomic E-state index is 0.557. The molecule has 0 spiro atoms. The van der Waals surface area contributed by atoms with Crippen molar-refractivity contribution in [1.82, 2.24) is 19.5 Å². The molecular formula is C17H13N5. The number of nitrogens with zero attached hydrogens (tertiary/aromatic N) is 4. The Kier molecular flexibility index (Phi) is 3.01. The number of hydrogen-bond acceptors (Lipinski definition) is 4. The van der Waals surface area contributed by atoms with Gasteiger partial charge in [0.05, 0.1) is 11.0 Å².